The maximum Gasteiger partial charge on any atom is 0.252 e. The van der Waals surface area contributed by atoms with Crippen LogP contribution in [-0.4, -0.2) is 29.2 Å². The highest BCUT2D eigenvalue weighted by molar-refractivity contribution is 5.95. The van der Waals surface area contributed by atoms with Crippen molar-refractivity contribution in [3.63, 3.8) is 0 Å². The molecule has 1 unspecified atom stereocenters. The van der Waals surface area contributed by atoms with Gasteiger partial charge in [0, 0.05) is 18.3 Å². The molecule has 3 N–H and O–H groups in total. The zero-order valence-electron chi connectivity index (χ0n) is 13.8. The van der Waals surface area contributed by atoms with Gasteiger partial charge in [0.1, 0.15) is 0 Å². The van der Waals surface area contributed by atoms with Crippen LogP contribution in [0.4, 0.5) is 0 Å². The Labute approximate surface area is 146 Å². The van der Waals surface area contributed by atoms with Gasteiger partial charge in [0.05, 0.1) is 11.2 Å². The van der Waals surface area contributed by atoms with Gasteiger partial charge in [-0.1, -0.05) is 42.5 Å². The second-order valence-electron chi connectivity index (χ2n) is 6.38. The largest absolute Gasteiger partial charge is 0.341 e. The van der Waals surface area contributed by atoms with E-state index in [0.29, 0.717) is 5.56 Å². The van der Waals surface area contributed by atoms with Crippen LogP contribution >= 0.6 is 0 Å². The topological polar surface area (TPSA) is 69.8 Å². The lowest BCUT2D eigenvalue weighted by molar-refractivity contribution is 0.0904. The summed E-state index contributed by atoms with van der Waals surface area (Å²) in [4.78, 5) is 12.8. The molecule has 126 valence electrons. The Balaban J connectivity index is 1.56. The Hall–Kier alpha value is -2.92. The van der Waals surface area contributed by atoms with Crippen LogP contribution in [0.15, 0.2) is 66.9 Å². The third-order valence-electron chi connectivity index (χ3n) is 4.79. The zero-order chi connectivity index (χ0) is 17.1. The highest BCUT2D eigenvalue weighted by atomic mass is 16.1. The molecule has 1 fully saturated rings. The molecule has 0 saturated carbocycles. The summed E-state index contributed by atoms with van der Waals surface area (Å²) >= 11 is 0. The summed E-state index contributed by atoms with van der Waals surface area (Å²) in [6, 6.07) is 19.7. The molecule has 0 aliphatic carbocycles. The average molecular weight is 332 g/mol. The number of hydrogen-bond acceptors (Lipinski definition) is 3. The molecule has 1 aromatic heterocycles. The minimum atomic E-state index is -0.347. The molecule has 3 aromatic rings. The third kappa shape index (κ3) is 3.06. The van der Waals surface area contributed by atoms with Crippen LogP contribution in [0.3, 0.4) is 0 Å². The lowest BCUT2D eigenvalue weighted by atomic mass is 9.88. The van der Waals surface area contributed by atoms with Crippen LogP contribution < -0.4 is 10.6 Å². The fraction of sp³-hybridized carbons (Fsp3) is 0.200. The number of hydrogen-bond donors (Lipinski definition) is 3. The molecular weight excluding hydrogens is 312 g/mol. The van der Waals surface area contributed by atoms with Gasteiger partial charge >= 0.3 is 0 Å². The van der Waals surface area contributed by atoms with Crippen LogP contribution in [0, 0.1) is 0 Å². The first-order chi connectivity index (χ1) is 12.3. The van der Waals surface area contributed by atoms with Crippen molar-refractivity contribution in [1.29, 1.82) is 0 Å². The molecule has 2 aromatic carbocycles. The van der Waals surface area contributed by atoms with E-state index < -0.39 is 0 Å². The number of rotatable bonds is 4. The number of carbonyl (C=O) groups excluding carboxylic acids is 1. The van der Waals surface area contributed by atoms with E-state index in [-0.39, 0.29) is 11.4 Å². The number of amides is 1. The Kier molecular flexibility index (Phi) is 4.07. The van der Waals surface area contributed by atoms with Crippen LogP contribution in [-0.2, 0) is 5.54 Å². The summed E-state index contributed by atoms with van der Waals surface area (Å²) in [6.45, 7) is 1.64. The Morgan fingerprint density at radius 1 is 1.04 bits per heavy atom. The summed E-state index contributed by atoms with van der Waals surface area (Å²) in [7, 11) is 0. The monoisotopic (exact) mass is 332 g/mol. The van der Waals surface area contributed by atoms with Gasteiger partial charge in [-0.25, -0.2) is 0 Å². The van der Waals surface area contributed by atoms with E-state index in [1.165, 1.54) is 0 Å². The highest BCUT2D eigenvalue weighted by Crippen LogP contribution is 2.28. The first kappa shape index (κ1) is 15.6. The van der Waals surface area contributed by atoms with Crippen molar-refractivity contribution in [2.45, 2.75) is 12.0 Å². The average Bonchev–Trinajstić information content (AvgIpc) is 3.35. The van der Waals surface area contributed by atoms with Crippen LogP contribution in [0.5, 0.6) is 0 Å². The summed E-state index contributed by atoms with van der Waals surface area (Å²) < 4.78 is 0. The number of H-pyrrole nitrogens is 1. The Morgan fingerprint density at radius 2 is 1.84 bits per heavy atom. The van der Waals surface area contributed by atoms with E-state index in [9.17, 15) is 4.79 Å². The number of carbonyl (C=O) groups is 1. The van der Waals surface area contributed by atoms with E-state index in [0.717, 1.165) is 36.3 Å². The second kappa shape index (κ2) is 6.53. The lowest BCUT2D eigenvalue weighted by Gasteiger charge is -2.30. The molecule has 1 atom stereocenters. The molecule has 25 heavy (non-hydrogen) atoms. The third-order valence-corrected chi connectivity index (χ3v) is 4.79. The van der Waals surface area contributed by atoms with Gasteiger partial charge in [-0.3, -0.25) is 9.89 Å². The van der Waals surface area contributed by atoms with E-state index in [1.807, 2.05) is 48.5 Å². The molecule has 5 heteroatoms. The van der Waals surface area contributed by atoms with Crippen molar-refractivity contribution >= 4 is 5.91 Å². The second-order valence-corrected chi connectivity index (χ2v) is 6.38. The summed E-state index contributed by atoms with van der Waals surface area (Å²) in [5, 5.41) is 13.5. The van der Waals surface area contributed by atoms with Crippen LogP contribution in [0.2, 0.25) is 0 Å². The van der Waals surface area contributed by atoms with Gasteiger partial charge in [-0.15, -0.1) is 0 Å². The Bertz CT molecular complexity index is 835. The number of aromatic nitrogens is 2. The van der Waals surface area contributed by atoms with E-state index in [2.05, 4.69) is 33.0 Å². The minimum absolute atomic E-state index is 0.0521. The van der Waals surface area contributed by atoms with Crippen molar-refractivity contribution in [2.75, 3.05) is 13.1 Å². The first-order valence-corrected chi connectivity index (χ1v) is 8.45. The quantitative estimate of drug-likeness (QED) is 0.688. The van der Waals surface area contributed by atoms with Crippen molar-refractivity contribution in [2.24, 2.45) is 0 Å². The number of aromatic amines is 1. The fourth-order valence-corrected chi connectivity index (χ4v) is 3.38. The molecule has 0 radical (unpaired) electrons. The number of benzene rings is 2. The van der Waals surface area contributed by atoms with Crippen LogP contribution in [0.1, 0.15) is 22.3 Å². The SMILES string of the molecule is O=C(NC1(c2ccccc2)CCNC1)c1ccc(-c2ccn[nH]2)cc1. The van der Waals surface area contributed by atoms with E-state index in [1.54, 1.807) is 6.20 Å². The molecule has 0 bridgehead atoms. The van der Waals surface area contributed by atoms with Crippen molar-refractivity contribution < 1.29 is 4.79 Å². The van der Waals surface area contributed by atoms with Gasteiger partial charge in [0.2, 0.25) is 0 Å². The summed E-state index contributed by atoms with van der Waals surface area (Å²) in [5.74, 6) is -0.0521. The normalized spacial score (nSPS) is 19.7. The lowest BCUT2D eigenvalue weighted by Crippen LogP contribution is -2.47. The maximum atomic E-state index is 12.8. The predicted molar refractivity (Wildman–Crippen MR) is 97.1 cm³/mol. The molecule has 1 aliphatic rings. The number of nitrogens with one attached hydrogen (secondary N) is 3. The predicted octanol–water partition coefficient (Wildman–Crippen LogP) is 2.70. The summed E-state index contributed by atoms with van der Waals surface area (Å²) in [5.41, 5.74) is 3.40. The van der Waals surface area contributed by atoms with Gasteiger partial charge < -0.3 is 10.6 Å². The molecule has 2 heterocycles. The standard InChI is InChI=1S/C20H20N4O/c25-19(16-8-6-15(7-9-16)18-10-12-22-24-18)23-20(11-13-21-14-20)17-4-2-1-3-5-17/h1-10,12,21H,11,13-14H2,(H,22,24)(H,23,25). The first-order valence-electron chi connectivity index (χ1n) is 8.45. The maximum absolute atomic E-state index is 12.8. The van der Waals surface area contributed by atoms with Gasteiger partial charge in [-0.05, 0) is 42.3 Å². The minimum Gasteiger partial charge on any atom is -0.341 e. The van der Waals surface area contributed by atoms with Crippen LogP contribution in [0.25, 0.3) is 11.3 Å². The molecular formula is C20H20N4O. The molecule has 1 amide bonds. The molecule has 0 spiro atoms. The van der Waals surface area contributed by atoms with Gasteiger partial charge in [0.25, 0.3) is 5.91 Å². The molecule has 1 saturated heterocycles. The smallest absolute Gasteiger partial charge is 0.252 e. The fourth-order valence-electron chi connectivity index (χ4n) is 3.38. The summed E-state index contributed by atoms with van der Waals surface area (Å²) in [6.07, 6.45) is 2.60. The number of nitrogens with zero attached hydrogens (tertiary/aromatic N) is 1. The van der Waals surface area contributed by atoms with Crippen molar-refractivity contribution in [1.82, 2.24) is 20.8 Å². The van der Waals surface area contributed by atoms with Gasteiger partial charge in [0.15, 0.2) is 0 Å². The van der Waals surface area contributed by atoms with Gasteiger partial charge in [-0.2, -0.15) is 5.10 Å². The molecule has 4 rings (SSSR count). The van der Waals surface area contributed by atoms with Crippen molar-refractivity contribution in [3.8, 4) is 11.3 Å². The zero-order valence-corrected chi connectivity index (χ0v) is 13.8. The van der Waals surface area contributed by atoms with Crippen molar-refractivity contribution in [3.05, 3.63) is 78.0 Å². The highest BCUT2D eigenvalue weighted by Gasteiger charge is 2.37. The van der Waals surface area contributed by atoms with E-state index >= 15 is 0 Å². The van der Waals surface area contributed by atoms with E-state index in [4.69, 9.17) is 0 Å². The molecule has 1 aliphatic heterocycles. The molecule has 5 nitrogen and oxygen atoms in total. The Morgan fingerprint density at radius 3 is 2.48 bits per heavy atom.